The second-order valence-electron chi connectivity index (χ2n) is 4.65. The molecule has 0 amide bonds. The average molecular weight is 474 g/mol. The van der Waals surface area contributed by atoms with Gasteiger partial charge >= 0.3 is 0 Å². The molecule has 114 valence electrons. The van der Waals surface area contributed by atoms with Crippen molar-refractivity contribution in [3.8, 4) is 0 Å². The normalized spacial score (nSPS) is 13.4. The summed E-state index contributed by atoms with van der Waals surface area (Å²) in [6, 6.07) is 6.42. The van der Waals surface area contributed by atoms with Crippen LogP contribution in [0.3, 0.4) is 0 Å². The summed E-state index contributed by atoms with van der Waals surface area (Å²) in [5, 5.41) is 3.45. The predicted molar refractivity (Wildman–Crippen MR) is 96.8 cm³/mol. The molecule has 1 atom stereocenters. The van der Waals surface area contributed by atoms with E-state index in [2.05, 4.69) is 62.9 Å². The molecule has 1 aromatic rings. The highest BCUT2D eigenvalue weighted by Crippen LogP contribution is 2.27. The fourth-order valence-corrected chi connectivity index (χ4v) is 4.03. The average Bonchev–Trinajstić information content (AvgIpc) is 2.40. The van der Waals surface area contributed by atoms with Gasteiger partial charge in [-0.05, 0) is 65.7 Å². The van der Waals surface area contributed by atoms with Crippen LogP contribution in [0.2, 0.25) is 0 Å². The van der Waals surface area contributed by atoms with Crippen LogP contribution in [-0.4, -0.2) is 26.5 Å². The van der Waals surface area contributed by atoms with Crippen LogP contribution in [0.1, 0.15) is 38.3 Å². The van der Waals surface area contributed by atoms with Crippen molar-refractivity contribution in [1.29, 1.82) is 0 Å². The molecular weight excluding hydrogens is 453 g/mol. The number of hydrogen-bond acceptors (Lipinski definition) is 3. The lowest BCUT2D eigenvalue weighted by atomic mass is 10.0. The van der Waals surface area contributed by atoms with Gasteiger partial charge in [-0.3, -0.25) is 0 Å². The zero-order valence-electron chi connectivity index (χ0n) is 11.8. The van der Waals surface area contributed by atoms with Gasteiger partial charge in [-0.25, -0.2) is 8.42 Å². The number of rotatable bonds is 8. The van der Waals surface area contributed by atoms with Crippen molar-refractivity contribution >= 4 is 48.4 Å². The summed E-state index contributed by atoms with van der Waals surface area (Å²) in [5.74, 6) is 0.503. The quantitative estimate of drug-likeness (QED) is 0.582. The van der Waals surface area contributed by atoms with E-state index < -0.39 is 9.84 Å². The summed E-state index contributed by atoms with van der Waals surface area (Å²) in [6.45, 7) is 4.64. The van der Waals surface area contributed by atoms with Crippen LogP contribution in [0, 0.1) is 3.57 Å². The smallest absolute Gasteiger partial charge is 0.150 e. The van der Waals surface area contributed by atoms with Gasteiger partial charge in [-0.2, -0.15) is 0 Å². The van der Waals surface area contributed by atoms with E-state index in [0.717, 1.165) is 17.4 Å². The van der Waals surface area contributed by atoms with Crippen molar-refractivity contribution in [2.45, 2.75) is 32.7 Å². The maximum atomic E-state index is 11.6. The summed E-state index contributed by atoms with van der Waals surface area (Å²) < 4.78 is 25.4. The molecule has 0 saturated heterocycles. The summed E-state index contributed by atoms with van der Waals surface area (Å²) in [6.07, 6.45) is 1.52. The van der Waals surface area contributed by atoms with Gasteiger partial charge in [0, 0.05) is 19.8 Å². The SMILES string of the molecule is CCNC(CCCS(=O)(=O)CC)c1cc(Br)ccc1I. The fourth-order valence-electron chi connectivity index (χ4n) is 2.05. The highest BCUT2D eigenvalue weighted by molar-refractivity contribution is 14.1. The van der Waals surface area contributed by atoms with Crippen LogP contribution in [0.25, 0.3) is 0 Å². The highest BCUT2D eigenvalue weighted by Gasteiger charge is 2.15. The number of benzene rings is 1. The van der Waals surface area contributed by atoms with Gasteiger partial charge in [0.05, 0.1) is 5.75 Å². The Balaban J connectivity index is 2.76. The molecule has 0 aromatic heterocycles. The van der Waals surface area contributed by atoms with E-state index in [1.165, 1.54) is 9.13 Å². The molecule has 1 rings (SSSR count). The third kappa shape index (κ3) is 5.99. The Bertz CT molecular complexity index is 534. The van der Waals surface area contributed by atoms with Crippen molar-refractivity contribution in [1.82, 2.24) is 5.32 Å². The highest BCUT2D eigenvalue weighted by atomic mass is 127. The van der Waals surface area contributed by atoms with Gasteiger partial charge in [-0.15, -0.1) is 0 Å². The van der Waals surface area contributed by atoms with Gasteiger partial charge in [0.1, 0.15) is 9.84 Å². The van der Waals surface area contributed by atoms with Crippen molar-refractivity contribution in [2.24, 2.45) is 0 Å². The fraction of sp³-hybridized carbons (Fsp3) is 0.571. The molecule has 0 heterocycles. The Kier molecular flexibility index (Phi) is 8.00. The molecule has 0 aliphatic carbocycles. The first-order valence-corrected chi connectivity index (χ1v) is 10.5. The monoisotopic (exact) mass is 473 g/mol. The van der Waals surface area contributed by atoms with E-state index in [9.17, 15) is 8.42 Å². The second-order valence-corrected chi connectivity index (χ2v) is 9.21. The Hall–Kier alpha value is 0.340. The van der Waals surface area contributed by atoms with Gasteiger partial charge in [0.2, 0.25) is 0 Å². The van der Waals surface area contributed by atoms with Crippen molar-refractivity contribution in [3.63, 3.8) is 0 Å². The molecule has 0 bridgehead atoms. The second kappa shape index (κ2) is 8.70. The summed E-state index contributed by atoms with van der Waals surface area (Å²) >= 11 is 5.83. The third-order valence-electron chi connectivity index (χ3n) is 3.17. The molecule has 1 aromatic carbocycles. The minimum atomic E-state index is -2.87. The Morgan fingerprint density at radius 1 is 1.35 bits per heavy atom. The van der Waals surface area contributed by atoms with Crippen molar-refractivity contribution < 1.29 is 8.42 Å². The zero-order valence-corrected chi connectivity index (χ0v) is 16.4. The molecule has 3 nitrogen and oxygen atoms in total. The summed E-state index contributed by atoms with van der Waals surface area (Å²) in [7, 11) is -2.87. The van der Waals surface area contributed by atoms with Gasteiger partial charge < -0.3 is 5.32 Å². The molecule has 0 aliphatic rings. The zero-order chi connectivity index (χ0) is 15.2. The standard InChI is InChI=1S/C14H21BrINO2S/c1-3-17-14(6-5-9-20(18,19)4-2)12-10-11(15)7-8-13(12)16/h7-8,10,14,17H,3-6,9H2,1-2H3. The molecule has 0 fully saturated rings. The molecule has 20 heavy (non-hydrogen) atoms. The predicted octanol–water partition coefficient (Wildman–Crippen LogP) is 3.92. The molecule has 0 spiro atoms. The lowest BCUT2D eigenvalue weighted by molar-refractivity contribution is 0.504. The molecule has 0 saturated carbocycles. The van der Waals surface area contributed by atoms with Crippen molar-refractivity contribution in [2.75, 3.05) is 18.1 Å². The van der Waals surface area contributed by atoms with Crippen LogP contribution < -0.4 is 5.32 Å². The van der Waals surface area contributed by atoms with Crippen LogP contribution in [0.4, 0.5) is 0 Å². The first-order chi connectivity index (χ1) is 9.39. The number of halogens is 2. The number of sulfone groups is 1. The molecule has 0 radical (unpaired) electrons. The van der Waals surface area contributed by atoms with E-state index in [1.807, 2.05) is 6.07 Å². The molecule has 6 heteroatoms. The van der Waals surface area contributed by atoms with E-state index in [-0.39, 0.29) is 17.5 Å². The summed E-state index contributed by atoms with van der Waals surface area (Å²) in [5.41, 5.74) is 1.23. The Morgan fingerprint density at radius 3 is 2.65 bits per heavy atom. The molecular formula is C14H21BrINO2S. The Labute approximate surface area is 144 Å². The van der Waals surface area contributed by atoms with Crippen LogP contribution in [0.5, 0.6) is 0 Å². The number of hydrogen-bond donors (Lipinski definition) is 1. The van der Waals surface area contributed by atoms with Crippen LogP contribution >= 0.6 is 38.5 Å². The minimum absolute atomic E-state index is 0.205. The lowest BCUT2D eigenvalue weighted by Crippen LogP contribution is -2.23. The Morgan fingerprint density at radius 2 is 2.05 bits per heavy atom. The van der Waals surface area contributed by atoms with Gasteiger partial charge in [-0.1, -0.05) is 29.8 Å². The molecule has 0 aliphatic heterocycles. The van der Waals surface area contributed by atoms with Gasteiger partial charge in [0.15, 0.2) is 0 Å². The van der Waals surface area contributed by atoms with E-state index >= 15 is 0 Å². The first kappa shape index (κ1) is 18.4. The lowest BCUT2D eigenvalue weighted by Gasteiger charge is -2.20. The summed E-state index contributed by atoms with van der Waals surface area (Å²) in [4.78, 5) is 0. The van der Waals surface area contributed by atoms with Gasteiger partial charge in [0.25, 0.3) is 0 Å². The van der Waals surface area contributed by atoms with E-state index in [4.69, 9.17) is 0 Å². The molecule has 1 unspecified atom stereocenters. The maximum Gasteiger partial charge on any atom is 0.150 e. The minimum Gasteiger partial charge on any atom is -0.310 e. The third-order valence-corrected chi connectivity index (χ3v) is 6.44. The van der Waals surface area contributed by atoms with E-state index in [1.54, 1.807) is 6.92 Å². The van der Waals surface area contributed by atoms with Crippen molar-refractivity contribution in [3.05, 3.63) is 31.8 Å². The van der Waals surface area contributed by atoms with E-state index in [0.29, 0.717) is 6.42 Å². The molecule has 1 N–H and O–H groups in total. The van der Waals surface area contributed by atoms with Crippen LogP contribution in [-0.2, 0) is 9.84 Å². The largest absolute Gasteiger partial charge is 0.310 e. The van der Waals surface area contributed by atoms with Crippen LogP contribution in [0.15, 0.2) is 22.7 Å². The maximum absolute atomic E-state index is 11.6. The number of nitrogens with one attached hydrogen (secondary N) is 1. The first-order valence-electron chi connectivity index (χ1n) is 6.78. The topological polar surface area (TPSA) is 46.2 Å².